The minimum Gasteiger partial charge on any atom is -0.354 e. The maximum atomic E-state index is 14.5. The Bertz CT molecular complexity index is 3520. The van der Waals surface area contributed by atoms with Crippen LogP contribution in [-0.4, -0.2) is 68.8 Å². The van der Waals surface area contributed by atoms with Crippen LogP contribution in [0.5, 0.6) is 0 Å². The molecule has 2 aliphatic heterocycles. The molecule has 5 heterocycles. The number of nitrogens with one attached hydrogen (secondary N) is 2. The second-order valence-electron chi connectivity index (χ2n) is 23.9. The Hall–Kier alpha value is -5.92. The summed E-state index contributed by atoms with van der Waals surface area (Å²) in [6, 6.07) is 37.5. The molecule has 0 spiro atoms. The monoisotopic (exact) mass is 1270 g/mol. The van der Waals surface area contributed by atoms with Crippen LogP contribution in [0, 0.1) is 0 Å². The van der Waals surface area contributed by atoms with Gasteiger partial charge >= 0.3 is 30.4 Å². The molecule has 0 aliphatic carbocycles. The smallest absolute Gasteiger partial charge is 0.354 e. The molecule has 8 bridgehead atoms. The summed E-state index contributed by atoms with van der Waals surface area (Å²) in [5.74, 6) is 0. The fourth-order valence-electron chi connectivity index (χ4n) is 10.5. The summed E-state index contributed by atoms with van der Waals surface area (Å²) in [5, 5.41) is 1.63. The third-order valence-corrected chi connectivity index (χ3v) is 22.8. The highest BCUT2D eigenvalue weighted by atomic mass is 31.2. The van der Waals surface area contributed by atoms with E-state index in [0.717, 1.165) is 44.5 Å². The molecule has 7 aromatic rings. The average molecular weight is 1270 g/mol. The van der Waals surface area contributed by atoms with E-state index in [1.165, 1.54) is 0 Å². The highest BCUT2D eigenvalue weighted by Crippen LogP contribution is 2.53. The Balaban J connectivity index is 1.38. The Morgan fingerprint density at radius 1 is 0.261 bits per heavy atom. The first-order chi connectivity index (χ1) is 41.6. The van der Waals surface area contributed by atoms with E-state index in [9.17, 15) is 18.3 Å². The predicted molar refractivity (Wildman–Crippen MR) is 359 cm³/mol. The molecule has 4 aromatic carbocycles. The average Bonchev–Trinajstić information content (AvgIpc) is 1.82. The lowest BCUT2D eigenvalue weighted by molar-refractivity contribution is 0.149. The number of hydrogen-bond donors (Lipinski definition) is 2. The van der Waals surface area contributed by atoms with Crippen molar-refractivity contribution in [3.63, 3.8) is 0 Å². The Morgan fingerprint density at radius 2 is 0.420 bits per heavy atom. The van der Waals surface area contributed by atoms with Crippen molar-refractivity contribution in [1.29, 1.82) is 0 Å². The number of hydrogen-bond acceptors (Lipinski definition) is 14. The van der Waals surface area contributed by atoms with Crippen LogP contribution in [0.25, 0.3) is 90.9 Å². The summed E-state index contributed by atoms with van der Waals surface area (Å²) in [6.07, 6.45) is 4.87. The molecular weight excluding hydrogens is 1190 g/mol. The van der Waals surface area contributed by atoms with E-state index in [0.29, 0.717) is 66.1 Å². The van der Waals surface area contributed by atoms with Gasteiger partial charge in [0.2, 0.25) is 0 Å². The van der Waals surface area contributed by atoms with Crippen LogP contribution < -0.4 is 21.2 Å². The van der Waals surface area contributed by atoms with Gasteiger partial charge in [-0.2, -0.15) is 0 Å². The fraction of sp³-hybridized carbons (Fsp3) is 0.353. The molecular formula is C68H82N4O12P4. The second-order valence-corrected chi connectivity index (χ2v) is 31.6. The van der Waals surface area contributed by atoms with Gasteiger partial charge in [-0.05, 0) is 230 Å². The highest BCUT2D eigenvalue weighted by molar-refractivity contribution is 7.63. The van der Waals surface area contributed by atoms with Crippen LogP contribution in [-0.2, 0) is 54.5 Å². The molecule has 466 valence electrons. The lowest BCUT2D eigenvalue weighted by Gasteiger charge is -2.23. The fourth-order valence-corrected chi connectivity index (χ4v) is 18.1. The van der Waals surface area contributed by atoms with Gasteiger partial charge in [-0.25, -0.2) is 9.97 Å². The molecule has 0 unspecified atom stereocenters. The molecule has 2 aliphatic rings. The quantitative estimate of drug-likeness (QED) is 0.0541. The van der Waals surface area contributed by atoms with Crippen molar-refractivity contribution in [2.45, 2.75) is 160 Å². The maximum Gasteiger partial charge on any atom is 0.361 e. The molecule has 0 fully saturated rings. The molecule has 0 radical (unpaired) electrons. The SMILES string of the molecule is CC(C)OP(=O)(OC(C)C)c1ccc(-c2c3nc(c(-c4ccc(P(=O)(OC(C)C)OC(C)C)cc4)c4ccc([nH]4)c(-c4ccc(P(=O)(OC(C)C)OC(C)C)cc4)c4nc(c(-c5ccc(P(=O)(OC(C)C)OC(C)C)cc5)c5ccc2[nH]5)C=C4)C=C3)cc1. The highest BCUT2D eigenvalue weighted by Gasteiger charge is 2.35. The van der Waals surface area contributed by atoms with E-state index >= 15 is 0 Å². The van der Waals surface area contributed by atoms with Gasteiger partial charge in [0.15, 0.2) is 0 Å². The van der Waals surface area contributed by atoms with E-state index in [1.807, 2.05) is 208 Å². The largest absolute Gasteiger partial charge is 0.361 e. The van der Waals surface area contributed by atoms with Crippen LogP contribution in [0.4, 0.5) is 0 Å². The van der Waals surface area contributed by atoms with Crippen molar-refractivity contribution in [3.05, 3.63) is 144 Å². The number of nitrogens with zero attached hydrogens (tertiary/aromatic N) is 2. The zero-order valence-corrected chi connectivity index (χ0v) is 56.6. The summed E-state index contributed by atoms with van der Waals surface area (Å²) < 4.78 is 106. The number of rotatable bonds is 24. The van der Waals surface area contributed by atoms with Gasteiger partial charge in [0.25, 0.3) is 0 Å². The van der Waals surface area contributed by atoms with E-state index in [1.54, 1.807) is 48.5 Å². The van der Waals surface area contributed by atoms with Crippen LogP contribution in [0.3, 0.4) is 0 Å². The van der Waals surface area contributed by atoms with Crippen molar-refractivity contribution in [2.24, 2.45) is 0 Å². The normalized spacial score (nSPS) is 13.4. The van der Waals surface area contributed by atoms with Crippen LogP contribution in [0.15, 0.2) is 121 Å². The van der Waals surface area contributed by atoms with Gasteiger partial charge < -0.3 is 46.2 Å². The summed E-state index contributed by atoms with van der Waals surface area (Å²) in [5.41, 5.74) is 11.2. The third kappa shape index (κ3) is 15.1. The Kier molecular flexibility index (Phi) is 20.6. The number of aromatic nitrogens is 4. The van der Waals surface area contributed by atoms with Gasteiger partial charge in [0.1, 0.15) is 0 Å². The van der Waals surface area contributed by atoms with E-state index in [4.69, 9.17) is 46.2 Å². The molecule has 88 heavy (non-hydrogen) atoms. The van der Waals surface area contributed by atoms with Crippen molar-refractivity contribution >= 4 is 98.0 Å². The van der Waals surface area contributed by atoms with Crippen molar-refractivity contribution in [1.82, 2.24) is 19.9 Å². The summed E-state index contributed by atoms with van der Waals surface area (Å²) >= 11 is 0. The van der Waals surface area contributed by atoms with Crippen molar-refractivity contribution < 1.29 is 54.5 Å². The third-order valence-electron chi connectivity index (χ3n) is 13.4. The van der Waals surface area contributed by atoms with E-state index < -0.39 is 30.4 Å². The molecule has 16 nitrogen and oxygen atoms in total. The zero-order chi connectivity index (χ0) is 63.6. The number of aromatic amines is 2. The Labute approximate surface area is 518 Å². The number of H-pyrrole nitrogens is 2. The standard InChI is InChI=1S/C68H82N4O12P4/c1-41(2)77-85(73,78-42(3)4)53-25-17-49(18-26-53)65-57-33-35-59(69-57)66(50-19-27-54(28-20-50)86(74,79-43(5)6)80-44(7)8)61-37-39-63(71-61)68(52-23-31-56(32-24-52)88(76,83-47(13)14)84-48(15)16)64-40-38-62(72-64)67(60-36-34-58(65)70-60)51-21-29-55(30-22-51)87(75,81-45(9)10)82-46(11)12/h17-48,69,72H,1-16H3. The van der Waals surface area contributed by atoms with Gasteiger partial charge in [-0.3, -0.25) is 18.3 Å². The lowest BCUT2D eigenvalue weighted by atomic mass is 10.0. The second kappa shape index (κ2) is 27.3. The van der Waals surface area contributed by atoms with Crippen molar-refractivity contribution in [2.75, 3.05) is 0 Å². The molecule has 20 heteroatoms. The van der Waals surface area contributed by atoms with Gasteiger partial charge in [-0.1, -0.05) is 48.5 Å². The van der Waals surface area contributed by atoms with Crippen LogP contribution >= 0.6 is 30.4 Å². The topological polar surface area (TPSA) is 199 Å². The maximum absolute atomic E-state index is 14.5. The molecule has 0 amide bonds. The van der Waals surface area contributed by atoms with E-state index in [-0.39, 0.29) is 48.8 Å². The molecule has 2 N–H and O–H groups in total. The van der Waals surface area contributed by atoms with Crippen LogP contribution in [0.1, 0.15) is 134 Å². The minimum atomic E-state index is -3.76. The first-order valence-corrected chi connectivity index (χ1v) is 36.2. The zero-order valence-electron chi connectivity index (χ0n) is 53.1. The summed E-state index contributed by atoms with van der Waals surface area (Å²) in [7, 11) is -15.0. The van der Waals surface area contributed by atoms with Gasteiger partial charge in [0, 0.05) is 44.3 Å². The molecule has 0 atom stereocenters. The van der Waals surface area contributed by atoms with Gasteiger partial charge in [0.05, 0.1) is 92.8 Å². The molecule has 0 saturated heterocycles. The molecule has 9 rings (SSSR count). The number of fused-ring (bicyclic) bond motifs is 8. The number of benzene rings is 4. The molecule has 0 saturated carbocycles. The minimum absolute atomic E-state index is 0.377. The van der Waals surface area contributed by atoms with Crippen molar-refractivity contribution in [3.8, 4) is 44.5 Å². The first-order valence-electron chi connectivity index (χ1n) is 30.0. The summed E-state index contributed by atoms with van der Waals surface area (Å²) in [6.45, 7) is 29.2. The summed E-state index contributed by atoms with van der Waals surface area (Å²) in [4.78, 5) is 18.5. The van der Waals surface area contributed by atoms with Crippen LogP contribution in [0.2, 0.25) is 0 Å². The Morgan fingerprint density at radius 3 is 0.568 bits per heavy atom. The predicted octanol–water partition coefficient (Wildman–Crippen LogP) is 18.0. The van der Waals surface area contributed by atoms with Gasteiger partial charge in [-0.15, -0.1) is 0 Å². The first kappa shape index (κ1) is 66.5. The molecule has 3 aromatic heterocycles. The van der Waals surface area contributed by atoms with E-state index in [2.05, 4.69) is 9.97 Å². The lowest BCUT2D eigenvalue weighted by Crippen LogP contribution is -2.16.